The van der Waals surface area contributed by atoms with E-state index in [1.165, 1.54) is 0 Å². The predicted octanol–water partition coefficient (Wildman–Crippen LogP) is 0.449. The third kappa shape index (κ3) is 1.16. The minimum atomic E-state index is 0.753. The second-order valence-electron chi connectivity index (χ2n) is 2.58. The Balaban J connectivity index is 2.46. The van der Waals surface area contributed by atoms with E-state index in [1.54, 1.807) is 6.20 Å². The van der Waals surface area contributed by atoms with Crippen molar-refractivity contribution in [1.29, 1.82) is 0 Å². The van der Waals surface area contributed by atoms with Crippen LogP contribution in [0, 0.1) is 0 Å². The molecule has 2 aromatic rings. The maximum atomic E-state index is 4.31. The number of imidazole rings is 1. The van der Waals surface area contributed by atoms with Gasteiger partial charge in [-0.1, -0.05) is 0 Å². The summed E-state index contributed by atoms with van der Waals surface area (Å²) in [5.74, 6) is 0.753. The van der Waals surface area contributed by atoms with E-state index in [4.69, 9.17) is 0 Å². The van der Waals surface area contributed by atoms with E-state index in [0.717, 1.165) is 18.0 Å². The number of hydrogen-bond donors (Lipinski definition) is 1. The second-order valence-corrected chi connectivity index (χ2v) is 2.58. The summed E-state index contributed by atoms with van der Waals surface area (Å²) in [6.07, 6.45) is 5.58. The third-order valence-corrected chi connectivity index (χ3v) is 1.68. The van der Waals surface area contributed by atoms with E-state index in [0.29, 0.717) is 0 Å². The van der Waals surface area contributed by atoms with Gasteiger partial charge >= 0.3 is 0 Å². The number of nitrogens with zero attached hydrogens (tertiary/aromatic N) is 3. The van der Waals surface area contributed by atoms with Gasteiger partial charge in [0.15, 0.2) is 0 Å². The lowest BCUT2D eigenvalue weighted by atomic mass is 10.4. The second kappa shape index (κ2) is 2.91. The van der Waals surface area contributed by atoms with Crippen LogP contribution in [-0.4, -0.2) is 21.4 Å². The zero-order valence-corrected chi connectivity index (χ0v) is 6.86. The molecule has 0 aliphatic heterocycles. The summed E-state index contributed by atoms with van der Waals surface area (Å²) in [6, 6.07) is 1.98. The predicted molar refractivity (Wildman–Crippen MR) is 45.8 cm³/mol. The zero-order valence-electron chi connectivity index (χ0n) is 6.86. The number of nitrogens with one attached hydrogen (secondary N) is 1. The molecule has 2 aromatic heterocycles. The molecule has 0 atom stereocenters. The molecule has 0 amide bonds. The molecular weight excluding hydrogens is 152 g/mol. The summed E-state index contributed by atoms with van der Waals surface area (Å²) >= 11 is 0. The van der Waals surface area contributed by atoms with Crippen molar-refractivity contribution in [3.05, 3.63) is 30.4 Å². The molecule has 0 radical (unpaired) electrons. The topological polar surface area (TPSA) is 42.2 Å². The molecule has 1 N–H and O–H groups in total. The van der Waals surface area contributed by atoms with Crippen LogP contribution in [0.3, 0.4) is 0 Å². The molecule has 0 spiro atoms. The largest absolute Gasteiger partial charge is 0.314 e. The van der Waals surface area contributed by atoms with Crippen molar-refractivity contribution in [2.24, 2.45) is 0 Å². The number of fused-ring (bicyclic) bond motifs is 1. The van der Waals surface area contributed by atoms with Gasteiger partial charge in [0.1, 0.15) is 0 Å². The molecule has 62 valence electrons. The van der Waals surface area contributed by atoms with E-state index in [-0.39, 0.29) is 0 Å². The summed E-state index contributed by atoms with van der Waals surface area (Å²) in [7, 11) is 1.90. The summed E-state index contributed by atoms with van der Waals surface area (Å²) in [4.78, 5) is 8.40. The first kappa shape index (κ1) is 7.24. The molecule has 2 heterocycles. The van der Waals surface area contributed by atoms with E-state index in [1.807, 2.05) is 29.9 Å². The highest BCUT2D eigenvalue weighted by Crippen LogP contribution is 1.98. The fourth-order valence-electron chi connectivity index (χ4n) is 1.12. The van der Waals surface area contributed by atoms with Crippen molar-refractivity contribution in [2.75, 3.05) is 7.05 Å². The molecular formula is C8H10N4. The highest BCUT2D eigenvalue weighted by molar-refractivity contribution is 5.28. The van der Waals surface area contributed by atoms with Crippen LogP contribution in [0.25, 0.3) is 5.78 Å². The van der Waals surface area contributed by atoms with Gasteiger partial charge in [0.05, 0.1) is 5.69 Å². The van der Waals surface area contributed by atoms with Crippen molar-refractivity contribution < 1.29 is 0 Å². The van der Waals surface area contributed by atoms with Gasteiger partial charge in [-0.2, -0.15) is 0 Å². The molecule has 0 aliphatic carbocycles. The Labute approximate surface area is 70.3 Å². The lowest BCUT2D eigenvalue weighted by Gasteiger charge is -1.98. The highest BCUT2D eigenvalue weighted by Gasteiger charge is 1.96. The SMILES string of the molecule is CNCc1ccn2ccnc2n1. The first-order valence-electron chi connectivity index (χ1n) is 3.83. The Morgan fingerprint density at radius 1 is 1.50 bits per heavy atom. The van der Waals surface area contributed by atoms with Crippen LogP contribution in [-0.2, 0) is 6.54 Å². The van der Waals surface area contributed by atoms with E-state index in [9.17, 15) is 0 Å². The van der Waals surface area contributed by atoms with Gasteiger partial charge in [-0.3, -0.25) is 4.40 Å². The maximum Gasteiger partial charge on any atom is 0.233 e. The molecule has 2 rings (SSSR count). The molecule has 0 bridgehead atoms. The smallest absolute Gasteiger partial charge is 0.233 e. The van der Waals surface area contributed by atoms with Gasteiger partial charge in [0.25, 0.3) is 0 Å². The average molecular weight is 162 g/mol. The number of aromatic nitrogens is 3. The number of hydrogen-bond acceptors (Lipinski definition) is 3. The monoisotopic (exact) mass is 162 g/mol. The molecule has 12 heavy (non-hydrogen) atoms. The Kier molecular flexibility index (Phi) is 1.75. The lowest BCUT2D eigenvalue weighted by Crippen LogP contribution is -2.07. The van der Waals surface area contributed by atoms with E-state index >= 15 is 0 Å². The Hall–Kier alpha value is -1.42. The minimum Gasteiger partial charge on any atom is -0.314 e. The summed E-state index contributed by atoms with van der Waals surface area (Å²) in [6.45, 7) is 0.781. The van der Waals surface area contributed by atoms with Gasteiger partial charge < -0.3 is 5.32 Å². The van der Waals surface area contributed by atoms with Crippen LogP contribution in [0.5, 0.6) is 0 Å². The van der Waals surface area contributed by atoms with Crippen molar-refractivity contribution >= 4 is 5.78 Å². The average Bonchev–Trinajstić information content (AvgIpc) is 2.51. The standard InChI is InChI=1S/C8H10N4/c1-9-6-7-2-4-12-5-3-10-8(12)11-7/h2-5,9H,6H2,1H3. The van der Waals surface area contributed by atoms with Gasteiger partial charge in [-0.25, -0.2) is 9.97 Å². The molecule has 0 saturated carbocycles. The molecule has 0 saturated heterocycles. The van der Waals surface area contributed by atoms with Crippen molar-refractivity contribution in [1.82, 2.24) is 19.7 Å². The highest BCUT2D eigenvalue weighted by atomic mass is 15.1. The van der Waals surface area contributed by atoms with Crippen LogP contribution in [0.4, 0.5) is 0 Å². The molecule has 0 unspecified atom stereocenters. The molecule has 4 nitrogen and oxygen atoms in total. The summed E-state index contributed by atoms with van der Waals surface area (Å²) in [5, 5.41) is 3.04. The van der Waals surface area contributed by atoms with Crippen LogP contribution < -0.4 is 5.32 Å². The fourth-order valence-corrected chi connectivity index (χ4v) is 1.12. The normalized spacial score (nSPS) is 10.8. The third-order valence-electron chi connectivity index (χ3n) is 1.68. The van der Waals surface area contributed by atoms with Crippen LogP contribution >= 0.6 is 0 Å². The minimum absolute atomic E-state index is 0.753. The molecule has 0 aromatic carbocycles. The van der Waals surface area contributed by atoms with E-state index in [2.05, 4.69) is 15.3 Å². The van der Waals surface area contributed by atoms with Crippen LogP contribution in [0.15, 0.2) is 24.7 Å². The Bertz CT molecular complexity index is 379. The molecule has 0 fully saturated rings. The van der Waals surface area contributed by atoms with Gasteiger partial charge in [0, 0.05) is 25.1 Å². The quantitative estimate of drug-likeness (QED) is 0.697. The lowest BCUT2D eigenvalue weighted by molar-refractivity contribution is 0.788. The van der Waals surface area contributed by atoms with Crippen LogP contribution in [0.2, 0.25) is 0 Å². The Morgan fingerprint density at radius 2 is 2.42 bits per heavy atom. The van der Waals surface area contributed by atoms with Crippen molar-refractivity contribution in [3.63, 3.8) is 0 Å². The van der Waals surface area contributed by atoms with Crippen LogP contribution in [0.1, 0.15) is 5.69 Å². The summed E-state index contributed by atoms with van der Waals surface area (Å²) in [5.41, 5.74) is 1.01. The van der Waals surface area contributed by atoms with Crippen molar-refractivity contribution in [3.8, 4) is 0 Å². The van der Waals surface area contributed by atoms with Gasteiger partial charge in [-0.15, -0.1) is 0 Å². The van der Waals surface area contributed by atoms with Gasteiger partial charge in [0.2, 0.25) is 5.78 Å². The zero-order chi connectivity index (χ0) is 8.39. The van der Waals surface area contributed by atoms with Crippen molar-refractivity contribution in [2.45, 2.75) is 6.54 Å². The van der Waals surface area contributed by atoms with E-state index < -0.39 is 0 Å². The number of rotatable bonds is 2. The first-order chi connectivity index (χ1) is 5.90. The maximum absolute atomic E-state index is 4.31. The fraction of sp³-hybridized carbons (Fsp3) is 0.250. The summed E-state index contributed by atoms with van der Waals surface area (Å²) < 4.78 is 1.89. The van der Waals surface area contributed by atoms with Gasteiger partial charge in [-0.05, 0) is 13.1 Å². The molecule has 4 heteroatoms. The first-order valence-corrected chi connectivity index (χ1v) is 3.83. The molecule has 0 aliphatic rings. The Morgan fingerprint density at radius 3 is 3.25 bits per heavy atom.